The molecule has 2 heterocycles. The van der Waals surface area contributed by atoms with Crippen LogP contribution in [0.1, 0.15) is 23.1 Å². The number of fused-ring (bicyclic) bond motifs is 3. The molecule has 0 fully saturated rings. The predicted octanol–water partition coefficient (Wildman–Crippen LogP) is 3.40. The van der Waals surface area contributed by atoms with Crippen molar-refractivity contribution < 1.29 is 14.4 Å². The third kappa shape index (κ3) is 5.78. The average molecular weight is 512 g/mol. The first-order valence-electron chi connectivity index (χ1n) is 11.9. The molecule has 3 amide bonds. The minimum absolute atomic E-state index is 0.0661. The quantitative estimate of drug-likeness (QED) is 0.484. The Hall–Kier alpha value is -4.24. The molecule has 0 unspecified atom stereocenters. The van der Waals surface area contributed by atoms with E-state index in [1.54, 1.807) is 0 Å². The van der Waals surface area contributed by atoms with Gasteiger partial charge in [0, 0.05) is 18.7 Å². The minimum Gasteiger partial charge on any atom is -0.352 e. The normalized spacial score (nSPS) is 15.8. The molecule has 1 atom stereocenters. The van der Waals surface area contributed by atoms with E-state index >= 15 is 0 Å². The number of nitrogens with zero attached hydrogens (tertiary/aromatic N) is 3. The Bertz CT molecular complexity index is 1370. The molecule has 9 heteroatoms. The van der Waals surface area contributed by atoms with Crippen LogP contribution in [0.3, 0.4) is 0 Å². The molecule has 186 valence electrons. The van der Waals surface area contributed by atoms with E-state index in [9.17, 15) is 14.4 Å². The molecule has 0 spiro atoms. The van der Waals surface area contributed by atoms with Gasteiger partial charge in [-0.2, -0.15) is 0 Å². The van der Waals surface area contributed by atoms with Crippen LogP contribution in [0, 0.1) is 0 Å². The zero-order valence-corrected chi connectivity index (χ0v) is 20.8. The number of amides is 3. The van der Waals surface area contributed by atoms with Gasteiger partial charge < -0.3 is 10.6 Å². The summed E-state index contributed by atoms with van der Waals surface area (Å²) in [5.74, 6) is -0.199. The van der Waals surface area contributed by atoms with E-state index < -0.39 is 6.04 Å². The first-order valence-corrected chi connectivity index (χ1v) is 12.9. The molecule has 2 aliphatic heterocycles. The van der Waals surface area contributed by atoms with E-state index in [0.717, 1.165) is 16.7 Å². The van der Waals surface area contributed by atoms with E-state index in [0.29, 0.717) is 29.8 Å². The fraction of sp³-hybridized carbons (Fsp3) is 0.179. The van der Waals surface area contributed by atoms with Crippen molar-refractivity contribution in [3.05, 3.63) is 102 Å². The van der Waals surface area contributed by atoms with Crippen molar-refractivity contribution >= 4 is 46.2 Å². The van der Waals surface area contributed by atoms with Crippen LogP contribution in [0.2, 0.25) is 0 Å². The number of nitrogens with one attached hydrogen (secondary N) is 2. The smallest absolute Gasteiger partial charge is 0.259 e. The SMILES string of the molecule is O=C(CSC1=Nc2ccccc2C2=N[C@@H](CC(=O)NCc3ccccc3)C(=O)N12)NCc1ccccc1. The molecule has 3 aromatic rings. The van der Waals surface area contributed by atoms with Crippen LogP contribution in [-0.4, -0.2) is 45.4 Å². The van der Waals surface area contributed by atoms with Crippen molar-refractivity contribution in [1.29, 1.82) is 0 Å². The summed E-state index contributed by atoms with van der Waals surface area (Å²) < 4.78 is 0. The van der Waals surface area contributed by atoms with Gasteiger partial charge in [-0.15, -0.1) is 0 Å². The van der Waals surface area contributed by atoms with Crippen molar-refractivity contribution in [3.8, 4) is 0 Å². The van der Waals surface area contributed by atoms with Crippen LogP contribution in [0.4, 0.5) is 5.69 Å². The maximum Gasteiger partial charge on any atom is 0.259 e. The molecule has 0 aliphatic carbocycles. The number of rotatable bonds is 8. The number of para-hydroxylation sites is 1. The second-order valence-electron chi connectivity index (χ2n) is 8.57. The highest BCUT2D eigenvalue weighted by atomic mass is 32.2. The van der Waals surface area contributed by atoms with E-state index in [-0.39, 0.29) is 29.9 Å². The fourth-order valence-electron chi connectivity index (χ4n) is 4.05. The average Bonchev–Trinajstić information content (AvgIpc) is 3.26. The monoisotopic (exact) mass is 511 g/mol. The van der Waals surface area contributed by atoms with Crippen molar-refractivity contribution in [3.63, 3.8) is 0 Å². The van der Waals surface area contributed by atoms with E-state index in [4.69, 9.17) is 0 Å². The van der Waals surface area contributed by atoms with Crippen molar-refractivity contribution in [1.82, 2.24) is 15.5 Å². The maximum atomic E-state index is 13.4. The first-order chi connectivity index (χ1) is 18.1. The summed E-state index contributed by atoms with van der Waals surface area (Å²) in [6.45, 7) is 0.801. The predicted molar refractivity (Wildman–Crippen MR) is 144 cm³/mol. The highest BCUT2D eigenvalue weighted by Crippen LogP contribution is 2.34. The molecule has 0 saturated heterocycles. The van der Waals surface area contributed by atoms with Crippen LogP contribution in [0.25, 0.3) is 0 Å². The molecule has 0 saturated carbocycles. The molecule has 0 aromatic heterocycles. The summed E-state index contributed by atoms with van der Waals surface area (Å²) in [4.78, 5) is 49.2. The van der Waals surface area contributed by atoms with E-state index in [1.165, 1.54) is 16.7 Å². The summed E-state index contributed by atoms with van der Waals surface area (Å²) >= 11 is 1.17. The number of benzene rings is 3. The van der Waals surface area contributed by atoms with Crippen molar-refractivity contribution in [2.24, 2.45) is 9.98 Å². The standard InChI is InChI=1S/C28H25N5O3S/c34-24(29-16-19-9-3-1-4-10-19)15-23-27(36)33-26(31-23)21-13-7-8-14-22(21)32-28(33)37-18-25(35)30-17-20-11-5-2-6-12-20/h1-14,23H,15-18H2,(H,29,34)(H,30,35)/t23-/m0/s1. The largest absolute Gasteiger partial charge is 0.352 e. The van der Waals surface area contributed by atoms with Gasteiger partial charge in [-0.25, -0.2) is 9.89 Å². The number of carbonyl (C=O) groups is 3. The Morgan fingerprint density at radius 1 is 0.811 bits per heavy atom. The van der Waals surface area contributed by atoms with Gasteiger partial charge in [0.2, 0.25) is 11.8 Å². The van der Waals surface area contributed by atoms with Gasteiger partial charge in [0.15, 0.2) is 5.17 Å². The Balaban J connectivity index is 1.25. The van der Waals surface area contributed by atoms with Gasteiger partial charge in [-0.3, -0.25) is 19.4 Å². The summed E-state index contributed by atoms with van der Waals surface area (Å²) in [6, 6.07) is 25.8. The Morgan fingerprint density at radius 2 is 1.41 bits per heavy atom. The molecule has 8 nitrogen and oxygen atoms in total. The maximum absolute atomic E-state index is 13.4. The van der Waals surface area contributed by atoms with Crippen LogP contribution in [0.15, 0.2) is 94.9 Å². The van der Waals surface area contributed by atoms with Gasteiger partial charge in [-0.1, -0.05) is 84.6 Å². The van der Waals surface area contributed by atoms with Crippen LogP contribution in [0.5, 0.6) is 0 Å². The zero-order chi connectivity index (χ0) is 25.6. The topological polar surface area (TPSA) is 103 Å². The Morgan fingerprint density at radius 3 is 2.08 bits per heavy atom. The first kappa shape index (κ1) is 24.5. The lowest BCUT2D eigenvalue weighted by molar-refractivity contribution is -0.128. The molecule has 0 radical (unpaired) electrons. The molecule has 3 aromatic carbocycles. The Kier molecular flexibility index (Phi) is 7.41. The Labute approximate surface area is 218 Å². The molecule has 5 rings (SSSR count). The molecular weight excluding hydrogens is 486 g/mol. The van der Waals surface area contributed by atoms with Gasteiger partial charge >= 0.3 is 0 Å². The molecular formula is C28H25N5O3S. The fourth-order valence-corrected chi connectivity index (χ4v) is 4.88. The van der Waals surface area contributed by atoms with Gasteiger partial charge in [-0.05, 0) is 23.3 Å². The molecule has 2 N–H and O–H groups in total. The lowest BCUT2D eigenvalue weighted by atomic mass is 10.1. The van der Waals surface area contributed by atoms with E-state index in [1.807, 2.05) is 84.9 Å². The van der Waals surface area contributed by atoms with Crippen LogP contribution in [-0.2, 0) is 27.5 Å². The molecule has 37 heavy (non-hydrogen) atoms. The van der Waals surface area contributed by atoms with Crippen molar-refractivity contribution in [2.45, 2.75) is 25.6 Å². The number of hydrogen-bond donors (Lipinski definition) is 2. The highest BCUT2D eigenvalue weighted by Gasteiger charge is 2.42. The van der Waals surface area contributed by atoms with Crippen LogP contribution < -0.4 is 10.6 Å². The van der Waals surface area contributed by atoms with Gasteiger partial charge in [0.05, 0.1) is 17.9 Å². The second-order valence-corrected chi connectivity index (χ2v) is 9.51. The summed E-state index contributed by atoms with van der Waals surface area (Å²) in [6.07, 6.45) is -0.0661. The van der Waals surface area contributed by atoms with Crippen LogP contribution >= 0.6 is 11.8 Å². The van der Waals surface area contributed by atoms with Gasteiger partial charge in [0.1, 0.15) is 11.9 Å². The number of hydrogen-bond acceptors (Lipinski definition) is 6. The van der Waals surface area contributed by atoms with E-state index in [2.05, 4.69) is 20.6 Å². The summed E-state index contributed by atoms with van der Waals surface area (Å²) in [5, 5.41) is 6.13. The minimum atomic E-state index is -0.852. The summed E-state index contributed by atoms with van der Waals surface area (Å²) in [7, 11) is 0. The third-order valence-corrected chi connectivity index (χ3v) is 6.86. The lowest BCUT2D eigenvalue weighted by Crippen LogP contribution is -2.42. The molecule has 0 bridgehead atoms. The second kappa shape index (κ2) is 11.2. The number of thioether (sulfide) groups is 1. The molecule has 2 aliphatic rings. The zero-order valence-electron chi connectivity index (χ0n) is 20.0. The lowest BCUT2D eigenvalue weighted by Gasteiger charge is -2.25. The number of carbonyl (C=O) groups excluding carboxylic acids is 3. The summed E-state index contributed by atoms with van der Waals surface area (Å²) in [5.41, 5.74) is 3.37. The third-order valence-electron chi connectivity index (χ3n) is 5.92. The van der Waals surface area contributed by atoms with Crippen molar-refractivity contribution in [2.75, 3.05) is 5.75 Å². The van der Waals surface area contributed by atoms with Gasteiger partial charge in [0.25, 0.3) is 5.91 Å². The highest BCUT2D eigenvalue weighted by molar-refractivity contribution is 8.14. The number of amidine groups is 2. The number of aliphatic imine (C=N–C) groups is 2.